The lowest BCUT2D eigenvalue weighted by Gasteiger charge is -2.15. The van der Waals surface area contributed by atoms with E-state index < -0.39 is 10.0 Å². The molecule has 1 N–H and O–H groups in total. The lowest BCUT2D eigenvalue weighted by Crippen LogP contribution is -2.31. The lowest BCUT2D eigenvalue weighted by atomic mass is 10.4. The Morgan fingerprint density at radius 2 is 1.87 bits per heavy atom. The molecule has 1 aliphatic heterocycles. The molecule has 0 aromatic heterocycles. The predicted octanol–water partition coefficient (Wildman–Crippen LogP) is 0.802. The van der Waals surface area contributed by atoms with Crippen LogP contribution in [0, 0.1) is 0 Å². The molecule has 90 valence electrons. The quantitative estimate of drug-likeness (QED) is 0.663. The van der Waals surface area contributed by atoms with Crippen molar-refractivity contribution in [1.29, 1.82) is 0 Å². The number of hydrogen-bond donors (Lipinski definition) is 1. The summed E-state index contributed by atoms with van der Waals surface area (Å²) in [5.74, 6) is 0.295. The van der Waals surface area contributed by atoms with E-state index in [0.717, 1.165) is 51.9 Å². The van der Waals surface area contributed by atoms with E-state index in [1.54, 1.807) is 4.31 Å². The maximum absolute atomic E-state index is 11.8. The van der Waals surface area contributed by atoms with Crippen molar-refractivity contribution in [3.8, 4) is 0 Å². The van der Waals surface area contributed by atoms with Crippen LogP contribution >= 0.6 is 0 Å². The van der Waals surface area contributed by atoms with E-state index in [1.165, 1.54) is 0 Å². The average molecular weight is 234 g/mol. The standard InChI is InChI=1S/C10H22N2O2S/c1-2-6-11-7-5-10-15(13,14)12-8-3-4-9-12/h11H,2-10H2,1H3. The van der Waals surface area contributed by atoms with E-state index in [2.05, 4.69) is 12.2 Å². The minimum atomic E-state index is -2.95. The Balaban J connectivity index is 2.18. The number of nitrogens with zero attached hydrogens (tertiary/aromatic N) is 1. The van der Waals surface area contributed by atoms with Gasteiger partial charge < -0.3 is 5.32 Å². The first-order valence-electron chi connectivity index (χ1n) is 5.85. The van der Waals surface area contributed by atoms with Gasteiger partial charge in [0.2, 0.25) is 10.0 Å². The molecule has 1 aliphatic rings. The first kappa shape index (κ1) is 12.9. The molecule has 0 amide bonds. The molecular weight excluding hydrogens is 212 g/mol. The minimum Gasteiger partial charge on any atom is -0.317 e. The van der Waals surface area contributed by atoms with Crippen molar-refractivity contribution in [1.82, 2.24) is 9.62 Å². The zero-order chi connectivity index (χ0) is 11.1. The fourth-order valence-electron chi connectivity index (χ4n) is 1.78. The molecule has 15 heavy (non-hydrogen) atoms. The van der Waals surface area contributed by atoms with Crippen molar-refractivity contribution in [3.63, 3.8) is 0 Å². The van der Waals surface area contributed by atoms with Crippen LogP contribution in [0.1, 0.15) is 32.6 Å². The number of nitrogens with one attached hydrogen (secondary N) is 1. The van der Waals surface area contributed by atoms with E-state index in [9.17, 15) is 8.42 Å². The van der Waals surface area contributed by atoms with Gasteiger partial charge in [0.05, 0.1) is 5.75 Å². The second-order valence-corrected chi connectivity index (χ2v) is 6.11. The van der Waals surface area contributed by atoms with Crippen LogP contribution in [-0.4, -0.2) is 44.7 Å². The highest BCUT2D eigenvalue weighted by molar-refractivity contribution is 7.89. The molecule has 1 fully saturated rings. The SMILES string of the molecule is CCCNCCCS(=O)(=O)N1CCCC1. The first-order chi connectivity index (χ1) is 7.17. The Morgan fingerprint density at radius 1 is 1.20 bits per heavy atom. The highest BCUT2D eigenvalue weighted by Gasteiger charge is 2.24. The number of rotatable bonds is 7. The average Bonchev–Trinajstić information content (AvgIpc) is 2.70. The van der Waals surface area contributed by atoms with Crippen molar-refractivity contribution < 1.29 is 8.42 Å². The van der Waals surface area contributed by atoms with Crippen LogP contribution in [0.15, 0.2) is 0 Å². The molecular formula is C10H22N2O2S. The third-order valence-electron chi connectivity index (χ3n) is 2.64. The lowest BCUT2D eigenvalue weighted by molar-refractivity contribution is 0.475. The molecule has 0 aromatic rings. The molecule has 0 atom stereocenters. The maximum Gasteiger partial charge on any atom is 0.214 e. The molecule has 0 unspecified atom stereocenters. The number of hydrogen-bond acceptors (Lipinski definition) is 3. The third-order valence-corrected chi connectivity index (χ3v) is 4.60. The van der Waals surface area contributed by atoms with Crippen molar-refractivity contribution in [2.45, 2.75) is 32.6 Å². The Morgan fingerprint density at radius 3 is 2.47 bits per heavy atom. The predicted molar refractivity (Wildman–Crippen MR) is 62.4 cm³/mol. The molecule has 0 aliphatic carbocycles. The van der Waals surface area contributed by atoms with Gasteiger partial charge in [0.15, 0.2) is 0 Å². The van der Waals surface area contributed by atoms with Gasteiger partial charge >= 0.3 is 0 Å². The minimum absolute atomic E-state index is 0.295. The van der Waals surface area contributed by atoms with Crippen LogP contribution in [0.3, 0.4) is 0 Å². The van der Waals surface area contributed by atoms with E-state index >= 15 is 0 Å². The molecule has 0 radical (unpaired) electrons. The van der Waals surface area contributed by atoms with Gasteiger partial charge in [-0.1, -0.05) is 6.92 Å². The molecule has 1 saturated heterocycles. The van der Waals surface area contributed by atoms with Gasteiger partial charge in [0.1, 0.15) is 0 Å². The monoisotopic (exact) mass is 234 g/mol. The van der Waals surface area contributed by atoms with Crippen LogP contribution in [0.25, 0.3) is 0 Å². The van der Waals surface area contributed by atoms with E-state index in [1.807, 2.05) is 0 Å². The Hall–Kier alpha value is -0.130. The third kappa shape index (κ3) is 4.49. The Labute approximate surface area is 93.1 Å². The Kier molecular flexibility index (Phi) is 5.56. The summed E-state index contributed by atoms with van der Waals surface area (Å²) in [6, 6.07) is 0. The van der Waals surface area contributed by atoms with E-state index in [-0.39, 0.29) is 0 Å². The molecule has 1 rings (SSSR count). The van der Waals surface area contributed by atoms with Gasteiger partial charge in [-0.25, -0.2) is 12.7 Å². The summed E-state index contributed by atoms with van der Waals surface area (Å²) < 4.78 is 25.2. The van der Waals surface area contributed by atoms with Gasteiger partial charge in [-0.3, -0.25) is 0 Å². The smallest absolute Gasteiger partial charge is 0.214 e. The molecule has 1 heterocycles. The Bertz CT molecular complexity index is 259. The molecule has 0 spiro atoms. The zero-order valence-electron chi connectivity index (χ0n) is 9.54. The molecule has 0 aromatic carbocycles. The molecule has 0 bridgehead atoms. The number of sulfonamides is 1. The fraction of sp³-hybridized carbons (Fsp3) is 1.00. The van der Waals surface area contributed by atoms with Crippen LogP contribution in [-0.2, 0) is 10.0 Å². The maximum atomic E-state index is 11.8. The fourth-order valence-corrected chi connectivity index (χ4v) is 3.36. The molecule has 4 nitrogen and oxygen atoms in total. The largest absolute Gasteiger partial charge is 0.317 e. The zero-order valence-corrected chi connectivity index (χ0v) is 10.4. The second kappa shape index (κ2) is 6.45. The van der Waals surface area contributed by atoms with Gasteiger partial charge in [0, 0.05) is 13.1 Å². The highest BCUT2D eigenvalue weighted by atomic mass is 32.2. The van der Waals surface area contributed by atoms with E-state index in [4.69, 9.17) is 0 Å². The molecule has 5 heteroatoms. The van der Waals surface area contributed by atoms with E-state index in [0.29, 0.717) is 5.75 Å². The van der Waals surface area contributed by atoms with Crippen LogP contribution in [0.5, 0.6) is 0 Å². The van der Waals surface area contributed by atoms with Crippen LogP contribution < -0.4 is 5.32 Å². The van der Waals surface area contributed by atoms with Crippen LogP contribution in [0.4, 0.5) is 0 Å². The topological polar surface area (TPSA) is 49.4 Å². The summed E-state index contributed by atoms with van der Waals surface area (Å²) in [6.07, 6.45) is 3.86. The van der Waals surface area contributed by atoms with Crippen molar-refractivity contribution >= 4 is 10.0 Å². The molecule has 0 saturated carbocycles. The summed E-state index contributed by atoms with van der Waals surface area (Å²) in [5.41, 5.74) is 0. The van der Waals surface area contributed by atoms with Gasteiger partial charge in [0.25, 0.3) is 0 Å². The summed E-state index contributed by atoms with van der Waals surface area (Å²) in [4.78, 5) is 0. The van der Waals surface area contributed by atoms with Crippen molar-refractivity contribution in [2.24, 2.45) is 0 Å². The van der Waals surface area contributed by atoms with Crippen LogP contribution in [0.2, 0.25) is 0 Å². The summed E-state index contributed by atoms with van der Waals surface area (Å²) in [6.45, 7) is 5.34. The van der Waals surface area contributed by atoms with Gasteiger partial charge in [-0.2, -0.15) is 0 Å². The van der Waals surface area contributed by atoms with Gasteiger partial charge in [-0.15, -0.1) is 0 Å². The highest BCUT2D eigenvalue weighted by Crippen LogP contribution is 2.13. The normalized spacial score (nSPS) is 18.5. The first-order valence-corrected chi connectivity index (χ1v) is 7.46. The summed E-state index contributed by atoms with van der Waals surface area (Å²) >= 11 is 0. The van der Waals surface area contributed by atoms with Gasteiger partial charge in [-0.05, 0) is 38.8 Å². The van der Waals surface area contributed by atoms with Crippen molar-refractivity contribution in [2.75, 3.05) is 31.9 Å². The summed E-state index contributed by atoms with van der Waals surface area (Å²) in [7, 11) is -2.95. The van der Waals surface area contributed by atoms with Crippen molar-refractivity contribution in [3.05, 3.63) is 0 Å². The summed E-state index contributed by atoms with van der Waals surface area (Å²) in [5, 5.41) is 3.22. The second-order valence-electron chi connectivity index (χ2n) is 4.03.